The Morgan fingerprint density at radius 1 is 1.25 bits per heavy atom. The molecule has 5 heteroatoms. The van der Waals surface area contributed by atoms with Crippen molar-refractivity contribution in [1.29, 1.82) is 0 Å². The molecule has 0 bridgehead atoms. The average Bonchev–Trinajstić information content (AvgIpc) is 2.21. The SMILES string of the molecule is COc1c(CC(C)=O)cc(F)c(F)c1OC. The summed E-state index contributed by atoms with van der Waals surface area (Å²) in [5.41, 5.74) is 0.269. The molecule has 0 saturated carbocycles. The number of halogens is 2. The fraction of sp³-hybridized carbons (Fsp3) is 0.364. The number of methoxy groups -OCH3 is 2. The predicted octanol–water partition coefficient (Wildman–Crippen LogP) is 2.11. The number of ether oxygens (including phenoxy) is 2. The van der Waals surface area contributed by atoms with E-state index in [1.807, 2.05) is 0 Å². The first kappa shape index (κ1) is 12.4. The molecule has 0 spiro atoms. The van der Waals surface area contributed by atoms with Crippen LogP contribution in [0.1, 0.15) is 12.5 Å². The monoisotopic (exact) mass is 230 g/mol. The highest BCUT2D eigenvalue weighted by Gasteiger charge is 2.20. The molecule has 0 N–H and O–H groups in total. The zero-order valence-corrected chi connectivity index (χ0v) is 9.27. The number of carbonyl (C=O) groups excluding carboxylic acids is 1. The quantitative estimate of drug-likeness (QED) is 0.794. The summed E-state index contributed by atoms with van der Waals surface area (Å²) in [5, 5.41) is 0. The third-order valence-electron chi connectivity index (χ3n) is 2.06. The first-order valence-corrected chi connectivity index (χ1v) is 4.59. The molecule has 1 aromatic rings. The van der Waals surface area contributed by atoms with E-state index in [-0.39, 0.29) is 29.3 Å². The molecule has 0 aliphatic carbocycles. The van der Waals surface area contributed by atoms with Crippen LogP contribution in [0.25, 0.3) is 0 Å². The van der Waals surface area contributed by atoms with Gasteiger partial charge in [0.15, 0.2) is 17.3 Å². The summed E-state index contributed by atoms with van der Waals surface area (Å²) in [6, 6.07) is 0.943. The van der Waals surface area contributed by atoms with Gasteiger partial charge in [-0.3, -0.25) is 4.79 Å². The molecule has 0 unspecified atom stereocenters. The normalized spacial score (nSPS) is 10.1. The Bertz CT molecular complexity index is 416. The highest BCUT2D eigenvalue weighted by molar-refractivity contribution is 5.79. The smallest absolute Gasteiger partial charge is 0.204 e. The number of rotatable bonds is 4. The van der Waals surface area contributed by atoms with Crippen molar-refractivity contribution in [2.24, 2.45) is 0 Å². The number of ketones is 1. The van der Waals surface area contributed by atoms with Gasteiger partial charge in [0.2, 0.25) is 5.82 Å². The molecule has 0 aliphatic rings. The van der Waals surface area contributed by atoms with Crippen LogP contribution in [0.2, 0.25) is 0 Å². The number of benzene rings is 1. The molecule has 0 aromatic heterocycles. The van der Waals surface area contributed by atoms with Crippen LogP contribution in [0.4, 0.5) is 8.78 Å². The summed E-state index contributed by atoms with van der Waals surface area (Å²) in [6.45, 7) is 1.35. The summed E-state index contributed by atoms with van der Waals surface area (Å²) in [4.78, 5) is 11.0. The second kappa shape index (κ2) is 4.92. The van der Waals surface area contributed by atoms with Crippen molar-refractivity contribution in [3.05, 3.63) is 23.3 Å². The lowest BCUT2D eigenvalue weighted by Gasteiger charge is -2.13. The van der Waals surface area contributed by atoms with Gasteiger partial charge in [0.05, 0.1) is 14.2 Å². The Hall–Kier alpha value is -1.65. The number of hydrogen-bond donors (Lipinski definition) is 0. The second-order valence-corrected chi connectivity index (χ2v) is 3.28. The Kier molecular flexibility index (Phi) is 3.82. The average molecular weight is 230 g/mol. The summed E-state index contributed by atoms with van der Waals surface area (Å²) in [5.74, 6) is -2.62. The fourth-order valence-electron chi connectivity index (χ4n) is 1.44. The van der Waals surface area contributed by atoms with Gasteiger partial charge in [0.1, 0.15) is 5.78 Å². The maximum atomic E-state index is 13.3. The molecule has 88 valence electrons. The highest BCUT2D eigenvalue weighted by atomic mass is 19.2. The maximum absolute atomic E-state index is 13.3. The van der Waals surface area contributed by atoms with Crippen LogP contribution in [0.15, 0.2) is 6.07 Å². The van der Waals surface area contributed by atoms with E-state index in [9.17, 15) is 13.6 Å². The van der Waals surface area contributed by atoms with E-state index in [0.29, 0.717) is 0 Å². The lowest BCUT2D eigenvalue weighted by Crippen LogP contribution is -2.04. The van der Waals surface area contributed by atoms with Crippen LogP contribution in [-0.2, 0) is 11.2 Å². The van der Waals surface area contributed by atoms with Gasteiger partial charge in [0.25, 0.3) is 0 Å². The summed E-state index contributed by atoms with van der Waals surface area (Å²) in [7, 11) is 2.51. The molecule has 0 radical (unpaired) electrons. The van der Waals surface area contributed by atoms with Crippen molar-refractivity contribution < 1.29 is 23.0 Å². The number of hydrogen-bond acceptors (Lipinski definition) is 3. The van der Waals surface area contributed by atoms with Crippen LogP contribution >= 0.6 is 0 Å². The van der Waals surface area contributed by atoms with Crippen molar-refractivity contribution in [3.63, 3.8) is 0 Å². The summed E-state index contributed by atoms with van der Waals surface area (Å²) in [6.07, 6.45) is -0.0310. The summed E-state index contributed by atoms with van der Waals surface area (Å²) < 4.78 is 36.1. The fourth-order valence-corrected chi connectivity index (χ4v) is 1.44. The predicted molar refractivity (Wildman–Crippen MR) is 53.8 cm³/mol. The minimum absolute atomic E-state index is 0.0310. The second-order valence-electron chi connectivity index (χ2n) is 3.28. The van der Waals surface area contributed by atoms with Gasteiger partial charge in [0, 0.05) is 12.0 Å². The minimum Gasteiger partial charge on any atom is -0.492 e. The van der Waals surface area contributed by atoms with Crippen LogP contribution in [0.5, 0.6) is 11.5 Å². The lowest BCUT2D eigenvalue weighted by atomic mass is 10.1. The standard InChI is InChI=1S/C11H12F2O3/c1-6(14)4-7-5-8(12)9(13)11(16-3)10(7)15-2/h5H,4H2,1-3H3. The van der Waals surface area contributed by atoms with Gasteiger partial charge >= 0.3 is 0 Å². The van der Waals surface area contributed by atoms with Crippen LogP contribution in [-0.4, -0.2) is 20.0 Å². The van der Waals surface area contributed by atoms with Crippen LogP contribution < -0.4 is 9.47 Å². The molecule has 0 fully saturated rings. The van der Waals surface area contributed by atoms with E-state index >= 15 is 0 Å². The van der Waals surface area contributed by atoms with Crippen molar-refractivity contribution in [3.8, 4) is 11.5 Å². The van der Waals surface area contributed by atoms with Crippen LogP contribution in [0, 0.1) is 11.6 Å². The molecule has 16 heavy (non-hydrogen) atoms. The topological polar surface area (TPSA) is 35.5 Å². The number of Topliss-reactive ketones (excluding diaryl/α,β-unsaturated/α-hetero) is 1. The Morgan fingerprint density at radius 3 is 2.25 bits per heavy atom. The largest absolute Gasteiger partial charge is 0.492 e. The highest BCUT2D eigenvalue weighted by Crippen LogP contribution is 2.35. The van der Waals surface area contributed by atoms with Gasteiger partial charge in [-0.1, -0.05) is 0 Å². The maximum Gasteiger partial charge on any atom is 0.204 e. The lowest BCUT2D eigenvalue weighted by molar-refractivity contribution is -0.116. The molecule has 1 aromatic carbocycles. The molecule has 1 rings (SSSR count). The Labute approximate surface area is 92.0 Å². The molecule has 0 amide bonds. The van der Waals surface area contributed by atoms with Crippen molar-refractivity contribution in [2.75, 3.05) is 14.2 Å². The Balaban J connectivity index is 3.37. The van der Waals surface area contributed by atoms with E-state index in [1.165, 1.54) is 21.1 Å². The zero-order chi connectivity index (χ0) is 12.3. The molecule has 0 atom stereocenters. The van der Waals surface area contributed by atoms with Gasteiger partial charge in [-0.15, -0.1) is 0 Å². The van der Waals surface area contributed by atoms with Crippen molar-refractivity contribution in [2.45, 2.75) is 13.3 Å². The molecule has 0 heterocycles. The van der Waals surface area contributed by atoms with Crippen molar-refractivity contribution in [1.82, 2.24) is 0 Å². The van der Waals surface area contributed by atoms with Gasteiger partial charge in [-0.2, -0.15) is 4.39 Å². The van der Waals surface area contributed by atoms with Gasteiger partial charge in [-0.05, 0) is 13.0 Å². The van der Waals surface area contributed by atoms with E-state index in [1.54, 1.807) is 0 Å². The third-order valence-corrected chi connectivity index (χ3v) is 2.06. The summed E-state index contributed by atoms with van der Waals surface area (Å²) >= 11 is 0. The number of carbonyl (C=O) groups is 1. The van der Waals surface area contributed by atoms with Gasteiger partial charge < -0.3 is 9.47 Å². The van der Waals surface area contributed by atoms with Crippen molar-refractivity contribution >= 4 is 5.78 Å². The molecule has 0 aliphatic heterocycles. The van der Waals surface area contributed by atoms with Gasteiger partial charge in [-0.25, -0.2) is 4.39 Å². The third kappa shape index (κ3) is 2.29. The van der Waals surface area contributed by atoms with E-state index < -0.39 is 11.6 Å². The molecule has 0 saturated heterocycles. The van der Waals surface area contributed by atoms with E-state index in [4.69, 9.17) is 9.47 Å². The Morgan fingerprint density at radius 2 is 1.81 bits per heavy atom. The minimum atomic E-state index is -1.12. The van der Waals surface area contributed by atoms with Crippen LogP contribution in [0.3, 0.4) is 0 Å². The zero-order valence-electron chi connectivity index (χ0n) is 9.27. The first-order chi connectivity index (χ1) is 7.51. The molecular formula is C11H12F2O3. The molecule has 3 nitrogen and oxygen atoms in total. The molecular weight excluding hydrogens is 218 g/mol. The first-order valence-electron chi connectivity index (χ1n) is 4.59. The van der Waals surface area contributed by atoms with E-state index in [2.05, 4.69) is 0 Å². The van der Waals surface area contributed by atoms with E-state index in [0.717, 1.165) is 6.07 Å².